The van der Waals surface area contributed by atoms with E-state index in [1.54, 1.807) is 0 Å². The summed E-state index contributed by atoms with van der Waals surface area (Å²) in [7, 11) is 2.02. The van der Waals surface area contributed by atoms with Crippen LogP contribution in [0, 0.1) is 6.92 Å². The van der Waals surface area contributed by atoms with Gasteiger partial charge in [-0.15, -0.1) is 0 Å². The number of rotatable bonds is 4. The Labute approximate surface area is 110 Å². The molecule has 2 aromatic rings. The van der Waals surface area contributed by atoms with Crippen molar-refractivity contribution in [1.29, 1.82) is 0 Å². The summed E-state index contributed by atoms with van der Waals surface area (Å²) in [5, 5.41) is 4.68. The Bertz CT molecular complexity index is 549. The first-order valence-corrected chi connectivity index (χ1v) is 6.76. The van der Waals surface area contributed by atoms with E-state index in [9.17, 15) is 0 Å². The highest BCUT2D eigenvalue weighted by molar-refractivity contribution is 5.88. The second-order valence-electron chi connectivity index (χ2n) is 5.73. The minimum absolute atomic E-state index is 0.142. The predicted molar refractivity (Wildman–Crippen MR) is 79.4 cm³/mol. The average molecular weight is 244 g/mol. The van der Waals surface area contributed by atoms with Crippen LogP contribution in [0.15, 0.2) is 18.2 Å². The first-order valence-electron chi connectivity index (χ1n) is 6.76. The van der Waals surface area contributed by atoms with Gasteiger partial charge in [0.1, 0.15) is 0 Å². The number of H-pyrrole nitrogens is 1. The van der Waals surface area contributed by atoms with E-state index >= 15 is 0 Å². The number of nitrogens with one attached hydrogen (secondary N) is 2. The molecule has 0 atom stereocenters. The quantitative estimate of drug-likeness (QED) is 0.846. The number of hydrogen-bond donors (Lipinski definition) is 2. The lowest BCUT2D eigenvalue weighted by Crippen LogP contribution is -2.31. The lowest BCUT2D eigenvalue weighted by atomic mass is 9.82. The van der Waals surface area contributed by atoms with Crippen LogP contribution in [0.3, 0.4) is 0 Å². The zero-order valence-electron chi connectivity index (χ0n) is 12.1. The highest BCUT2D eigenvalue weighted by Crippen LogP contribution is 2.34. The maximum absolute atomic E-state index is 3.58. The van der Waals surface area contributed by atoms with Gasteiger partial charge in [-0.2, -0.15) is 0 Å². The van der Waals surface area contributed by atoms with Crippen molar-refractivity contribution in [1.82, 2.24) is 10.3 Å². The van der Waals surface area contributed by atoms with Gasteiger partial charge in [0.05, 0.1) is 0 Å². The Morgan fingerprint density at radius 3 is 2.61 bits per heavy atom. The van der Waals surface area contributed by atoms with E-state index in [1.165, 1.54) is 27.7 Å². The summed E-state index contributed by atoms with van der Waals surface area (Å²) in [5.41, 5.74) is 5.61. The molecule has 0 unspecified atom stereocenters. The standard InChI is InChI=1S/C16H24N2/c1-6-12-8-7-9-13-14(11(2)18-15(12)13)16(3,4)10-17-5/h7-9,17-18H,6,10H2,1-5H3. The van der Waals surface area contributed by atoms with Crippen LogP contribution in [-0.2, 0) is 11.8 Å². The molecule has 98 valence electrons. The zero-order chi connectivity index (χ0) is 13.3. The van der Waals surface area contributed by atoms with Crippen LogP contribution in [0.5, 0.6) is 0 Å². The van der Waals surface area contributed by atoms with Crippen LogP contribution >= 0.6 is 0 Å². The Hall–Kier alpha value is -1.28. The number of hydrogen-bond acceptors (Lipinski definition) is 1. The fourth-order valence-corrected chi connectivity index (χ4v) is 3.11. The van der Waals surface area contributed by atoms with Crippen molar-refractivity contribution < 1.29 is 0 Å². The van der Waals surface area contributed by atoms with Gasteiger partial charge in [0.15, 0.2) is 0 Å². The van der Waals surface area contributed by atoms with Crippen LogP contribution in [0.2, 0.25) is 0 Å². The van der Waals surface area contributed by atoms with Gasteiger partial charge in [0.25, 0.3) is 0 Å². The van der Waals surface area contributed by atoms with Gasteiger partial charge in [0, 0.05) is 28.6 Å². The van der Waals surface area contributed by atoms with Crippen LogP contribution in [-0.4, -0.2) is 18.6 Å². The average Bonchev–Trinajstić information content (AvgIpc) is 2.65. The third kappa shape index (κ3) is 2.05. The van der Waals surface area contributed by atoms with Crippen molar-refractivity contribution in [2.45, 2.75) is 39.5 Å². The van der Waals surface area contributed by atoms with Gasteiger partial charge in [0.2, 0.25) is 0 Å². The highest BCUT2D eigenvalue weighted by atomic mass is 14.8. The molecule has 2 heteroatoms. The molecule has 2 nitrogen and oxygen atoms in total. The minimum Gasteiger partial charge on any atom is -0.358 e. The maximum Gasteiger partial charge on any atom is 0.0491 e. The van der Waals surface area contributed by atoms with E-state index in [0.29, 0.717) is 0 Å². The van der Waals surface area contributed by atoms with Crippen molar-refractivity contribution in [3.8, 4) is 0 Å². The van der Waals surface area contributed by atoms with Crippen LogP contribution < -0.4 is 5.32 Å². The van der Waals surface area contributed by atoms with E-state index < -0.39 is 0 Å². The number of aromatic nitrogens is 1. The number of aromatic amines is 1. The van der Waals surface area contributed by atoms with Gasteiger partial charge in [-0.25, -0.2) is 0 Å². The smallest absolute Gasteiger partial charge is 0.0491 e. The summed E-state index contributed by atoms with van der Waals surface area (Å²) in [6.07, 6.45) is 1.07. The third-order valence-electron chi connectivity index (χ3n) is 3.78. The minimum atomic E-state index is 0.142. The lowest BCUT2D eigenvalue weighted by molar-refractivity contribution is 0.495. The summed E-state index contributed by atoms with van der Waals surface area (Å²) < 4.78 is 0. The fourth-order valence-electron chi connectivity index (χ4n) is 3.11. The molecule has 0 aliphatic rings. The van der Waals surface area contributed by atoms with Crippen molar-refractivity contribution in [2.24, 2.45) is 0 Å². The van der Waals surface area contributed by atoms with Gasteiger partial charge in [-0.1, -0.05) is 39.0 Å². The number of aryl methyl sites for hydroxylation is 2. The van der Waals surface area contributed by atoms with E-state index in [4.69, 9.17) is 0 Å². The Morgan fingerprint density at radius 2 is 2.00 bits per heavy atom. The summed E-state index contributed by atoms with van der Waals surface area (Å²) in [4.78, 5) is 3.58. The molecule has 1 aromatic heterocycles. The number of fused-ring (bicyclic) bond motifs is 1. The highest BCUT2D eigenvalue weighted by Gasteiger charge is 2.26. The molecule has 2 N–H and O–H groups in total. The summed E-state index contributed by atoms with van der Waals surface area (Å²) in [6, 6.07) is 6.63. The van der Waals surface area contributed by atoms with Gasteiger partial charge >= 0.3 is 0 Å². The largest absolute Gasteiger partial charge is 0.358 e. The van der Waals surface area contributed by atoms with E-state index in [1.807, 2.05) is 7.05 Å². The van der Waals surface area contributed by atoms with Crippen molar-refractivity contribution in [3.63, 3.8) is 0 Å². The summed E-state index contributed by atoms with van der Waals surface area (Å²) >= 11 is 0. The summed E-state index contributed by atoms with van der Waals surface area (Å²) in [6.45, 7) is 9.99. The SMILES string of the molecule is CCc1cccc2c(C(C)(C)CNC)c(C)[nH]c12. The molecule has 0 aliphatic heterocycles. The topological polar surface area (TPSA) is 27.8 Å². The number of likely N-dealkylation sites (N-methyl/N-ethyl adjacent to an activating group) is 1. The Kier molecular flexibility index (Phi) is 3.49. The van der Waals surface area contributed by atoms with Crippen molar-refractivity contribution in [3.05, 3.63) is 35.0 Å². The van der Waals surface area contributed by atoms with Gasteiger partial charge in [-0.3, -0.25) is 0 Å². The van der Waals surface area contributed by atoms with Crippen LogP contribution in [0.4, 0.5) is 0 Å². The molecule has 0 saturated carbocycles. The second-order valence-corrected chi connectivity index (χ2v) is 5.73. The molecule has 0 saturated heterocycles. The van der Waals surface area contributed by atoms with Crippen molar-refractivity contribution in [2.75, 3.05) is 13.6 Å². The molecule has 0 radical (unpaired) electrons. The first-order chi connectivity index (χ1) is 8.51. The molecule has 1 heterocycles. The normalized spacial score (nSPS) is 12.3. The zero-order valence-corrected chi connectivity index (χ0v) is 12.1. The van der Waals surface area contributed by atoms with Crippen molar-refractivity contribution >= 4 is 10.9 Å². The van der Waals surface area contributed by atoms with E-state index in [-0.39, 0.29) is 5.41 Å². The molecule has 18 heavy (non-hydrogen) atoms. The predicted octanol–water partition coefficient (Wildman–Crippen LogP) is 3.54. The molecular weight excluding hydrogens is 220 g/mol. The van der Waals surface area contributed by atoms with Crippen LogP contribution in [0.25, 0.3) is 10.9 Å². The Morgan fingerprint density at radius 1 is 1.28 bits per heavy atom. The monoisotopic (exact) mass is 244 g/mol. The molecular formula is C16H24N2. The van der Waals surface area contributed by atoms with E-state index in [0.717, 1.165) is 13.0 Å². The molecule has 0 aliphatic carbocycles. The van der Waals surface area contributed by atoms with Crippen LogP contribution in [0.1, 0.15) is 37.6 Å². The van der Waals surface area contributed by atoms with Gasteiger partial charge in [-0.05, 0) is 31.5 Å². The Balaban J connectivity index is 2.68. The number of benzene rings is 1. The molecule has 2 rings (SSSR count). The second kappa shape index (κ2) is 4.77. The molecule has 0 spiro atoms. The molecule has 0 amide bonds. The summed E-state index contributed by atoms with van der Waals surface area (Å²) in [5.74, 6) is 0. The van der Waals surface area contributed by atoms with E-state index in [2.05, 4.69) is 56.2 Å². The maximum atomic E-state index is 3.58. The van der Waals surface area contributed by atoms with Gasteiger partial charge < -0.3 is 10.3 Å². The fraction of sp³-hybridized carbons (Fsp3) is 0.500. The number of para-hydroxylation sites is 1. The molecule has 0 fully saturated rings. The lowest BCUT2D eigenvalue weighted by Gasteiger charge is -2.25. The third-order valence-corrected chi connectivity index (χ3v) is 3.78. The molecule has 1 aromatic carbocycles. The first kappa shape index (κ1) is 13.2. The molecule has 0 bridgehead atoms.